The Bertz CT molecular complexity index is 652. The zero-order valence-electron chi connectivity index (χ0n) is 11.3. The van der Waals surface area contributed by atoms with E-state index >= 15 is 0 Å². The third kappa shape index (κ3) is 2.39. The van der Waals surface area contributed by atoms with Crippen LogP contribution in [-0.4, -0.2) is 34.6 Å². The van der Waals surface area contributed by atoms with Crippen LogP contribution in [0.4, 0.5) is 0 Å². The standard InChI is InChI=1S/C14H17ClN4O/c1-2-19-12-4-3-9(15)7-10(12)18-13(19)8-11-14(20)17-6-5-16-11/h3-4,7,11,16H,2,5-6,8H2,1H3,(H,17,20). The topological polar surface area (TPSA) is 59.0 Å². The van der Waals surface area contributed by atoms with Gasteiger partial charge in [-0.25, -0.2) is 4.98 Å². The second kappa shape index (κ2) is 5.42. The molecule has 2 heterocycles. The van der Waals surface area contributed by atoms with Gasteiger partial charge in [-0.15, -0.1) is 0 Å². The predicted octanol–water partition coefficient (Wildman–Crippen LogP) is 1.34. The SMILES string of the molecule is CCn1c(CC2NCCNC2=O)nc2cc(Cl)ccc21. The summed E-state index contributed by atoms with van der Waals surface area (Å²) < 4.78 is 2.13. The first-order chi connectivity index (χ1) is 9.69. The average molecular weight is 293 g/mol. The lowest BCUT2D eigenvalue weighted by Gasteiger charge is -2.23. The molecule has 106 valence electrons. The van der Waals surface area contributed by atoms with E-state index < -0.39 is 0 Å². The summed E-state index contributed by atoms with van der Waals surface area (Å²) in [6.07, 6.45) is 0.589. The van der Waals surface area contributed by atoms with Crippen molar-refractivity contribution in [2.45, 2.75) is 25.9 Å². The van der Waals surface area contributed by atoms with Gasteiger partial charge in [0.2, 0.25) is 5.91 Å². The van der Waals surface area contributed by atoms with Gasteiger partial charge in [-0.2, -0.15) is 0 Å². The molecule has 6 heteroatoms. The highest BCUT2D eigenvalue weighted by Gasteiger charge is 2.24. The smallest absolute Gasteiger partial charge is 0.237 e. The van der Waals surface area contributed by atoms with Crippen LogP contribution in [0, 0.1) is 0 Å². The van der Waals surface area contributed by atoms with Crippen molar-refractivity contribution >= 4 is 28.5 Å². The van der Waals surface area contributed by atoms with Gasteiger partial charge < -0.3 is 15.2 Å². The van der Waals surface area contributed by atoms with Crippen molar-refractivity contribution in [1.29, 1.82) is 0 Å². The fraction of sp³-hybridized carbons (Fsp3) is 0.429. The molecule has 1 amide bonds. The number of amides is 1. The highest BCUT2D eigenvalue weighted by Crippen LogP contribution is 2.21. The molecule has 20 heavy (non-hydrogen) atoms. The summed E-state index contributed by atoms with van der Waals surface area (Å²) in [4.78, 5) is 16.5. The van der Waals surface area contributed by atoms with E-state index in [0.717, 1.165) is 29.9 Å². The Morgan fingerprint density at radius 3 is 3.05 bits per heavy atom. The second-order valence-electron chi connectivity index (χ2n) is 4.91. The Morgan fingerprint density at radius 2 is 2.30 bits per heavy atom. The van der Waals surface area contributed by atoms with Crippen molar-refractivity contribution in [1.82, 2.24) is 20.2 Å². The Balaban J connectivity index is 1.96. The Morgan fingerprint density at radius 1 is 1.45 bits per heavy atom. The van der Waals surface area contributed by atoms with E-state index in [9.17, 15) is 4.79 Å². The third-order valence-corrected chi connectivity index (χ3v) is 3.86. The van der Waals surface area contributed by atoms with Crippen molar-refractivity contribution < 1.29 is 4.79 Å². The van der Waals surface area contributed by atoms with Gasteiger partial charge in [-0.1, -0.05) is 11.6 Å². The quantitative estimate of drug-likeness (QED) is 0.897. The minimum absolute atomic E-state index is 0.0454. The lowest BCUT2D eigenvalue weighted by molar-refractivity contribution is -0.124. The summed E-state index contributed by atoms with van der Waals surface area (Å²) in [5.74, 6) is 0.961. The molecule has 1 aliphatic heterocycles. The van der Waals surface area contributed by atoms with Crippen molar-refractivity contribution in [3.8, 4) is 0 Å². The molecule has 1 unspecified atom stereocenters. The molecule has 1 saturated heterocycles. The molecule has 1 aliphatic rings. The number of nitrogens with zero attached hydrogens (tertiary/aromatic N) is 2. The van der Waals surface area contributed by atoms with Crippen molar-refractivity contribution in [3.05, 3.63) is 29.0 Å². The van der Waals surface area contributed by atoms with Crippen molar-refractivity contribution in [3.63, 3.8) is 0 Å². The van der Waals surface area contributed by atoms with Crippen LogP contribution < -0.4 is 10.6 Å². The fourth-order valence-electron chi connectivity index (χ4n) is 2.66. The number of halogens is 1. The first kappa shape index (κ1) is 13.4. The number of rotatable bonds is 3. The van der Waals surface area contributed by atoms with Crippen molar-refractivity contribution in [2.24, 2.45) is 0 Å². The highest BCUT2D eigenvalue weighted by atomic mass is 35.5. The van der Waals surface area contributed by atoms with Crippen LogP contribution >= 0.6 is 11.6 Å². The Hall–Kier alpha value is -1.59. The number of aromatic nitrogens is 2. The zero-order chi connectivity index (χ0) is 14.1. The number of aryl methyl sites for hydroxylation is 1. The van der Waals surface area contributed by atoms with Gasteiger partial charge in [0, 0.05) is 31.1 Å². The van der Waals surface area contributed by atoms with Gasteiger partial charge in [-0.3, -0.25) is 4.79 Å². The van der Waals surface area contributed by atoms with E-state index in [0.29, 0.717) is 18.0 Å². The van der Waals surface area contributed by atoms with E-state index in [2.05, 4.69) is 27.1 Å². The van der Waals surface area contributed by atoms with E-state index in [1.165, 1.54) is 0 Å². The maximum absolute atomic E-state index is 11.8. The second-order valence-corrected chi connectivity index (χ2v) is 5.34. The molecule has 2 N–H and O–H groups in total. The van der Waals surface area contributed by atoms with Gasteiger partial charge in [-0.05, 0) is 25.1 Å². The van der Waals surface area contributed by atoms with Gasteiger partial charge in [0.1, 0.15) is 5.82 Å². The summed E-state index contributed by atoms with van der Waals surface area (Å²) in [5.41, 5.74) is 1.94. The van der Waals surface area contributed by atoms with E-state index in [-0.39, 0.29) is 11.9 Å². The number of fused-ring (bicyclic) bond motifs is 1. The number of hydrogen-bond acceptors (Lipinski definition) is 3. The van der Waals surface area contributed by atoms with Crippen LogP contribution in [-0.2, 0) is 17.8 Å². The molecule has 0 radical (unpaired) electrons. The molecular formula is C14H17ClN4O. The number of nitrogens with one attached hydrogen (secondary N) is 2. The fourth-order valence-corrected chi connectivity index (χ4v) is 2.82. The first-order valence-corrected chi connectivity index (χ1v) is 7.22. The lowest BCUT2D eigenvalue weighted by atomic mass is 10.1. The molecule has 0 aliphatic carbocycles. The van der Waals surface area contributed by atoms with E-state index in [4.69, 9.17) is 11.6 Å². The van der Waals surface area contributed by atoms with E-state index in [1.54, 1.807) is 0 Å². The van der Waals surface area contributed by atoms with Gasteiger partial charge in [0.05, 0.1) is 17.1 Å². The third-order valence-electron chi connectivity index (χ3n) is 3.62. The van der Waals surface area contributed by atoms with Crippen molar-refractivity contribution in [2.75, 3.05) is 13.1 Å². The highest BCUT2D eigenvalue weighted by molar-refractivity contribution is 6.31. The first-order valence-electron chi connectivity index (χ1n) is 6.85. The summed E-state index contributed by atoms with van der Waals surface area (Å²) in [6, 6.07) is 5.50. The number of imidazole rings is 1. The molecule has 1 aromatic heterocycles. The molecule has 0 bridgehead atoms. The number of hydrogen-bond donors (Lipinski definition) is 2. The molecule has 0 spiro atoms. The molecule has 1 aromatic carbocycles. The summed E-state index contributed by atoms with van der Waals surface area (Å²) in [5, 5.41) is 6.79. The maximum Gasteiger partial charge on any atom is 0.237 e. The Labute approximate surface area is 122 Å². The average Bonchev–Trinajstić information content (AvgIpc) is 2.77. The molecule has 5 nitrogen and oxygen atoms in total. The molecule has 0 saturated carbocycles. The summed E-state index contributed by atoms with van der Waals surface area (Å²) >= 11 is 6.01. The largest absolute Gasteiger partial charge is 0.353 e. The number of benzene rings is 1. The van der Waals surface area contributed by atoms with Gasteiger partial charge >= 0.3 is 0 Å². The van der Waals surface area contributed by atoms with E-state index in [1.807, 2.05) is 18.2 Å². The Kier molecular flexibility index (Phi) is 3.63. The van der Waals surface area contributed by atoms with Crippen LogP contribution in [0.25, 0.3) is 11.0 Å². The van der Waals surface area contributed by atoms with Gasteiger partial charge in [0.25, 0.3) is 0 Å². The maximum atomic E-state index is 11.8. The molecule has 1 fully saturated rings. The summed E-state index contributed by atoms with van der Waals surface area (Å²) in [6.45, 7) is 4.39. The van der Waals surface area contributed by atoms with Gasteiger partial charge in [0.15, 0.2) is 0 Å². The van der Waals surface area contributed by atoms with Crippen LogP contribution in [0.1, 0.15) is 12.7 Å². The lowest BCUT2D eigenvalue weighted by Crippen LogP contribution is -2.54. The minimum atomic E-state index is -0.207. The predicted molar refractivity (Wildman–Crippen MR) is 78.9 cm³/mol. The number of carbonyl (C=O) groups excluding carboxylic acids is 1. The normalized spacial score (nSPS) is 19.3. The molecular weight excluding hydrogens is 276 g/mol. The summed E-state index contributed by atoms with van der Waals surface area (Å²) in [7, 11) is 0. The number of piperazine rings is 1. The van der Waals surface area contributed by atoms with Crippen LogP contribution in [0.5, 0.6) is 0 Å². The monoisotopic (exact) mass is 292 g/mol. The van der Waals surface area contributed by atoms with Crippen LogP contribution in [0.15, 0.2) is 18.2 Å². The zero-order valence-corrected chi connectivity index (χ0v) is 12.1. The van der Waals surface area contributed by atoms with Crippen LogP contribution in [0.3, 0.4) is 0 Å². The molecule has 1 atom stereocenters. The number of carbonyl (C=O) groups is 1. The van der Waals surface area contributed by atoms with Crippen LogP contribution in [0.2, 0.25) is 5.02 Å². The molecule has 3 rings (SSSR count). The molecule has 2 aromatic rings. The minimum Gasteiger partial charge on any atom is -0.353 e.